The normalized spacial score (nSPS) is 17.6. The maximum Gasteiger partial charge on any atom is 0.224 e. The Labute approximate surface area is 253 Å². The van der Waals surface area contributed by atoms with Gasteiger partial charge in [-0.1, -0.05) is 18.2 Å². The maximum absolute atomic E-state index is 12.6. The third-order valence-electron chi connectivity index (χ3n) is 8.34. The number of benzene rings is 2. The Hall–Kier alpha value is -5.29. The molecule has 2 aromatic carbocycles. The molecule has 0 radical (unpaired) electrons. The molecule has 4 N–H and O–H groups in total. The van der Waals surface area contributed by atoms with E-state index in [1.807, 2.05) is 53.1 Å². The fourth-order valence-electron chi connectivity index (χ4n) is 6.14. The molecule has 0 spiro atoms. The number of hydrogen-bond donors (Lipinski definition) is 3. The molecule has 0 saturated carbocycles. The molecule has 11 heteroatoms. The number of imidazole rings is 1. The zero-order valence-corrected chi connectivity index (χ0v) is 23.9. The van der Waals surface area contributed by atoms with Crippen molar-refractivity contribution in [3.05, 3.63) is 89.6 Å². The summed E-state index contributed by atoms with van der Waals surface area (Å²) in [6, 6.07) is 20.9. The van der Waals surface area contributed by atoms with Crippen LogP contribution in [0.15, 0.2) is 72.9 Å². The van der Waals surface area contributed by atoms with Crippen LogP contribution in [0.3, 0.4) is 0 Å². The lowest BCUT2D eigenvalue weighted by atomic mass is 10.1. The van der Waals surface area contributed by atoms with Gasteiger partial charge < -0.3 is 25.8 Å². The second kappa shape index (κ2) is 11.4. The molecular formula is C33H31N7O4. The number of anilines is 2. The molecule has 5 aromatic rings. The van der Waals surface area contributed by atoms with Crippen LogP contribution in [0, 0.1) is 0 Å². The number of rotatable bonds is 8. The van der Waals surface area contributed by atoms with Gasteiger partial charge in [0.25, 0.3) is 0 Å². The first-order valence-electron chi connectivity index (χ1n) is 14.6. The van der Waals surface area contributed by atoms with Crippen molar-refractivity contribution in [3.8, 4) is 22.8 Å². The number of ether oxygens (including phenoxy) is 1. The summed E-state index contributed by atoms with van der Waals surface area (Å²) in [5, 5.41) is 12.8. The highest BCUT2D eigenvalue weighted by Gasteiger charge is 2.38. The number of phenols is 1. The summed E-state index contributed by atoms with van der Waals surface area (Å²) in [4.78, 5) is 40.3. The third kappa shape index (κ3) is 5.11. The van der Waals surface area contributed by atoms with Crippen molar-refractivity contribution in [1.29, 1.82) is 0 Å². The highest BCUT2D eigenvalue weighted by Crippen LogP contribution is 2.36. The van der Waals surface area contributed by atoms with Gasteiger partial charge in [0.1, 0.15) is 22.9 Å². The molecule has 2 aliphatic rings. The molecule has 2 fully saturated rings. The number of pyridine rings is 2. The highest BCUT2D eigenvalue weighted by atomic mass is 16.5. The van der Waals surface area contributed by atoms with Gasteiger partial charge in [0.2, 0.25) is 5.91 Å². The molecule has 5 heterocycles. The van der Waals surface area contributed by atoms with E-state index >= 15 is 0 Å². The lowest BCUT2D eigenvalue weighted by Gasteiger charge is -2.35. The number of amides is 1. The summed E-state index contributed by atoms with van der Waals surface area (Å²) in [6.07, 6.45) is 4.50. The number of aromatic hydroxyl groups is 1. The molecule has 2 atom stereocenters. The number of hydrogen-bond acceptors (Lipinski definition) is 9. The first-order valence-corrected chi connectivity index (χ1v) is 14.6. The number of aromatic nitrogens is 4. The third-order valence-corrected chi connectivity index (χ3v) is 8.34. The smallest absolute Gasteiger partial charge is 0.224 e. The number of morpholine rings is 1. The Morgan fingerprint density at radius 1 is 1.02 bits per heavy atom. The van der Waals surface area contributed by atoms with Crippen LogP contribution in [0.1, 0.15) is 34.3 Å². The fraction of sp³-hybridized carbons (Fsp3) is 0.242. The second-order valence-electron chi connectivity index (χ2n) is 11.2. The average Bonchev–Trinajstić information content (AvgIpc) is 3.53. The molecule has 2 aliphatic heterocycles. The predicted octanol–water partition coefficient (Wildman–Crippen LogP) is 3.81. The minimum Gasteiger partial charge on any atom is -0.507 e. The number of carbonyl (C=O) groups excluding carboxylic acids is 2. The molecule has 2 bridgehead atoms. The Morgan fingerprint density at radius 2 is 1.80 bits per heavy atom. The number of nitrogens with one attached hydrogen (secondary N) is 1. The van der Waals surface area contributed by atoms with Gasteiger partial charge >= 0.3 is 0 Å². The van der Waals surface area contributed by atoms with E-state index in [2.05, 4.69) is 15.2 Å². The van der Waals surface area contributed by atoms with E-state index in [1.165, 1.54) is 12.1 Å². The van der Waals surface area contributed by atoms with Crippen molar-refractivity contribution in [3.63, 3.8) is 0 Å². The van der Waals surface area contributed by atoms with Gasteiger partial charge in [0, 0.05) is 18.4 Å². The number of nitrogens with zero attached hydrogens (tertiary/aromatic N) is 5. The largest absolute Gasteiger partial charge is 0.507 e. The van der Waals surface area contributed by atoms with Crippen molar-refractivity contribution in [2.75, 3.05) is 23.8 Å². The quantitative estimate of drug-likeness (QED) is 0.230. The van der Waals surface area contributed by atoms with E-state index in [0.717, 1.165) is 41.1 Å². The van der Waals surface area contributed by atoms with Crippen LogP contribution >= 0.6 is 0 Å². The van der Waals surface area contributed by atoms with Crippen molar-refractivity contribution in [2.45, 2.75) is 37.9 Å². The number of nitrogens with two attached hydrogens (primary N) is 1. The summed E-state index contributed by atoms with van der Waals surface area (Å²) < 4.78 is 7.80. The van der Waals surface area contributed by atoms with Gasteiger partial charge in [-0.05, 0) is 72.5 Å². The Balaban J connectivity index is 1.17. The van der Waals surface area contributed by atoms with Crippen LogP contribution < -0.4 is 16.0 Å². The van der Waals surface area contributed by atoms with E-state index in [-0.39, 0.29) is 23.6 Å². The molecule has 222 valence electrons. The van der Waals surface area contributed by atoms with Gasteiger partial charge in [-0.25, -0.2) is 15.0 Å². The maximum atomic E-state index is 12.6. The van der Waals surface area contributed by atoms with Crippen molar-refractivity contribution in [1.82, 2.24) is 24.8 Å². The standard InChI is InChI=1S/C33H31N7O4/c34-31-26(2-1-13-35-31)32-37-27-11-12-29(39-24-9-10-25(39)19-44-18-24)38-33(27)40(32)23-7-4-20(5-8-23)16-36-30(43)15-21-3-6-22(17-41)28(42)14-21/h1-8,11-14,17,24-25,42H,9-10,15-16,18-19H2,(H2,34,35)(H,36,43). The Bertz CT molecular complexity index is 1850. The summed E-state index contributed by atoms with van der Waals surface area (Å²) in [6.45, 7) is 1.74. The molecule has 2 saturated heterocycles. The lowest BCUT2D eigenvalue weighted by molar-refractivity contribution is -0.120. The van der Waals surface area contributed by atoms with Gasteiger partial charge in [0.15, 0.2) is 17.8 Å². The molecule has 11 nitrogen and oxygen atoms in total. The summed E-state index contributed by atoms with van der Waals surface area (Å²) >= 11 is 0. The minimum atomic E-state index is -0.198. The molecular weight excluding hydrogens is 558 g/mol. The van der Waals surface area contributed by atoms with Gasteiger partial charge in [-0.3, -0.25) is 14.2 Å². The van der Waals surface area contributed by atoms with E-state index in [0.29, 0.717) is 60.9 Å². The number of carbonyl (C=O) groups is 2. The van der Waals surface area contributed by atoms with Crippen molar-refractivity contribution < 1.29 is 19.4 Å². The van der Waals surface area contributed by atoms with Gasteiger partial charge in [-0.2, -0.15) is 0 Å². The first-order chi connectivity index (χ1) is 21.5. The van der Waals surface area contributed by atoms with Crippen LogP contribution in [0.2, 0.25) is 0 Å². The lowest BCUT2D eigenvalue weighted by Crippen LogP contribution is -2.46. The van der Waals surface area contributed by atoms with E-state index in [4.69, 9.17) is 20.4 Å². The average molecular weight is 590 g/mol. The molecule has 1 amide bonds. The summed E-state index contributed by atoms with van der Waals surface area (Å²) in [7, 11) is 0. The van der Waals surface area contributed by atoms with Gasteiger partial charge in [0.05, 0.1) is 42.8 Å². The van der Waals surface area contributed by atoms with Crippen LogP contribution in [0.25, 0.3) is 28.2 Å². The highest BCUT2D eigenvalue weighted by molar-refractivity contribution is 5.84. The Kier molecular flexibility index (Phi) is 7.15. The number of nitrogen functional groups attached to an aromatic ring is 1. The topological polar surface area (TPSA) is 148 Å². The molecule has 44 heavy (non-hydrogen) atoms. The van der Waals surface area contributed by atoms with Crippen LogP contribution in [0.5, 0.6) is 5.75 Å². The minimum absolute atomic E-state index is 0.0839. The zero-order valence-electron chi connectivity index (χ0n) is 23.9. The second-order valence-corrected chi connectivity index (χ2v) is 11.2. The molecule has 0 aliphatic carbocycles. The Morgan fingerprint density at radius 3 is 2.52 bits per heavy atom. The van der Waals surface area contributed by atoms with Crippen LogP contribution in [0.4, 0.5) is 11.6 Å². The number of phenolic OH excluding ortho intramolecular Hbond substituents is 1. The molecule has 3 aromatic heterocycles. The van der Waals surface area contributed by atoms with Crippen molar-refractivity contribution >= 4 is 35.0 Å². The van der Waals surface area contributed by atoms with Gasteiger partial charge in [-0.15, -0.1) is 0 Å². The number of aldehydes is 1. The monoisotopic (exact) mass is 589 g/mol. The fourth-order valence-corrected chi connectivity index (χ4v) is 6.14. The van der Waals surface area contributed by atoms with Crippen LogP contribution in [-0.2, 0) is 22.5 Å². The summed E-state index contributed by atoms with van der Waals surface area (Å²) in [5.74, 6) is 1.60. The van der Waals surface area contributed by atoms with Crippen molar-refractivity contribution in [2.24, 2.45) is 0 Å². The first kappa shape index (κ1) is 27.5. The zero-order chi connectivity index (χ0) is 30.2. The van der Waals surface area contributed by atoms with E-state index in [1.54, 1.807) is 12.3 Å². The molecule has 2 unspecified atom stereocenters. The molecule has 7 rings (SSSR count). The number of fused-ring (bicyclic) bond motifs is 3. The van der Waals surface area contributed by atoms with Crippen LogP contribution in [-0.4, -0.2) is 62.1 Å². The summed E-state index contributed by atoms with van der Waals surface area (Å²) in [5.41, 5.74) is 11.0. The van der Waals surface area contributed by atoms with E-state index < -0.39 is 0 Å². The van der Waals surface area contributed by atoms with E-state index in [9.17, 15) is 14.7 Å². The SMILES string of the molecule is Nc1ncccc1-c1nc2ccc(N3C4CCC3COC4)nc2n1-c1ccc(CNC(=O)Cc2ccc(C=O)c(O)c2)cc1. The predicted molar refractivity (Wildman–Crippen MR) is 166 cm³/mol.